The van der Waals surface area contributed by atoms with Crippen LogP contribution in [0.25, 0.3) is 0 Å². The van der Waals surface area contributed by atoms with Gasteiger partial charge in [-0.3, -0.25) is 4.79 Å². The van der Waals surface area contributed by atoms with E-state index in [4.69, 9.17) is 0 Å². The van der Waals surface area contributed by atoms with Crippen molar-refractivity contribution in [3.05, 3.63) is 0 Å². The molecule has 2 rings (SSSR count). The first-order valence-corrected chi connectivity index (χ1v) is 7.82. The van der Waals surface area contributed by atoms with Crippen LogP contribution in [0.3, 0.4) is 0 Å². The minimum atomic E-state index is -1.00. The molecule has 0 aromatic rings. The van der Waals surface area contributed by atoms with Crippen molar-refractivity contribution in [2.75, 3.05) is 11.5 Å². The highest BCUT2D eigenvalue weighted by Crippen LogP contribution is 2.33. The topological polar surface area (TPSA) is 66.4 Å². The highest BCUT2D eigenvalue weighted by molar-refractivity contribution is 7.99. The normalized spacial score (nSPS) is 36.3. The summed E-state index contributed by atoms with van der Waals surface area (Å²) in [6.45, 7) is 2.14. The van der Waals surface area contributed by atoms with E-state index in [0.29, 0.717) is 18.8 Å². The summed E-state index contributed by atoms with van der Waals surface area (Å²) < 4.78 is 0. The third-order valence-corrected chi connectivity index (χ3v) is 5.36. The minimum absolute atomic E-state index is 0.00516. The molecule has 1 aliphatic carbocycles. The lowest BCUT2D eigenvalue weighted by atomic mass is 9.77. The van der Waals surface area contributed by atoms with Crippen molar-refractivity contribution in [1.29, 1.82) is 0 Å². The maximum Gasteiger partial charge on any atom is 0.329 e. The van der Waals surface area contributed by atoms with Gasteiger partial charge in [-0.15, -0.1) is 0 Å². The minimum Gasteiger partial charge on any atom is -0.480 e. The van der Waals surface area contributed by atoms with Gasteiger partial charge in [0.05, 0.1) is 0 Å². The van der Waals surface area contributed by atoms with E-state index in [9.17, 15) is 14.7 Å². The maximum absolute atomic E-state index is 12.1. The highest BCUT2D eigenvalue weighted by Gasteiger charge is 2.43. The number of carboxylic acid groups (broad SMARTS) is 1. The number of aliphatic carboxylic acids is 1. The standard InChI is InChI=1S/C13H21NO3S/c1-9-2-5-13(6-3-9,12(16)17)14-11(15)10-4-7-18-8-10/h9-10H,2-8H2,1H3,(H,14,15)(H,16,17). The van der Waals surface area contributed by atoms with Crippen molar-refractivity contribution < 1.29 is 14.7 Å². The summed E-state index contributed by atoms with van der Waals surface area (Å²) in [5.74, 6) is 1.49. The molecule has 102 valence electrons. The number of rotatable bonds is 3. The fraction of sp³-hybridized carbons (Fsp3) is 0.846. The average molecular weight is 271 g/mol. The van der Waals surface area contributed by atoms with Gasteiger partial charge in [0.25, 0.3) is 0 Å². The zero-order valence-electron chi connectivity index (χ0n) is 10.8. The SMILES string of the molecule is CC1CCC(NC(=O)C2CCSC2)(C(=O)O)CC1. The zero-order valence-corrected chi connectivity index (χ0v) is 11.6. The Balaban J connectivity index is 2.01. The van der Waals surface area contributed by atoms with Crippen LogP contribution in [0, 0.1) is 11.8 Å². The zero-order chi connectivity index (χ0) is 13.2. The molecule has 0 spiro atoms. The van der Waals surface area contributed by atoms with E-state index < -0.39 is 11.5 Å². The van der Waals surface area contributed by atoms with E-state index in [1.807, 2.05) is 0 Å². The Morgan fingerprint density at radius 3 is 2.44 bits per heavy atom. The number of hydrogen-bond acceptors (Lipinski definition) is 3. The van der Waals surface area contributed by atoms with Gasteiger partial charge in [-0.25, -0.2) is 4.79 Å². The first kappa shape index (κ1) is 13.7. The Morgan fingerprint density at radius 2 is 1.94 bits per heavy atom. The van der Waals surface area contributed by atoms with Gasteiger partial charge in [-0.05, 0) is 43.8 Å². The van der Waals surface area contributed by atoms with Crippen LogP contribution >= 0.6 is 11.8 Å². The Kier molecular flexibility index (Phi) is 4.20. The lowest BCUT2D eigenvalue weighted by Gasteiger charge is -2.37. The van der Waals surface area contributed by atoms with Crippen molar-refractivity contribution >= 4 is 23.6 Å². The smallest absolute Gasteiger partial charge is 0.329 e. The van der Waals surface area contributed by atoms with E-state index in [1.165, 1.54) is 0 Å². The first-order valence-electron chi connectivity index (χ1n) is 6.67. The Labute approximate surface area is 112 Å². The summed E-state index contributed by atoms with van der Waals surface area (Å²) in [6, 6.07) is 0. The molecule has 1 saturated heterocycles. The van der Waals surface area contributed by atoms with E-state index >= 15 is 0 Å². The van der Waals surface area contributed by atoms with Crippen LogP contribution in [0.2, 0.25) is 0 Å². The molecule has 2 aliphatic rings. The van der Waals surface area contributed by atoms with Crippen LogP contribution in [-0.2, 0) is 9.59 Å². The van der Waals surface area contributed by atoms with Gasteiger partial charge in [0, 0.05) is 11.7 Å². The quantitative estimate of drug-likeness (QED) is 0.822. The molecule has 1 aliphatic heterocycles. The monoisotopic (exact) mass is 271 g/mol. The molecule has 1 atom stereocenters. The first-order chi connectivity index (χ1) is 8.53. The van der Waals surface area contributed by atoms with Crippen molar-refractivity contribution in [2.24, 2.45) is 11.8 Å². The van der Waals surface area contributed by atoms with Crippen LogP contribution in [-0.4, -0.2) is 34.0 Å². The predicted octanol–water partition coefficient (Wildman–Crippen LogP) is 1.89. The molecule has 18 heavy (non-hydrogen) atoms. The van der Waals surface area contributed by atoms with Gasteiger partial charge in [0.15, 0.2) is 0 Å². The number of carbonyl (C=O) groups is 2. The molecule has 0 radical (unpaired) electrons. The van der Waals surface area contributed by atoms with Crippen LogP contribution in [0.1, 0.15) is 39.0 Å². The van der Waals surface area contributed by atoms with Crippen molar-refractivity contribution in [3.8, 4) is 0 Å². The van der Waals surface area contributed by atoms with Gasteiger partial charge < -0.3 is 10.4 Å². The Hall–Kier alpha value is -0.710. The molecular weight excluding hydrogens is 250 g/mol. The van der Waals surface area contributed by atoms with Gasteiger partial charge in [-0.2, -0.15) is 11.8 Å². The summed E-state index contributed by atoms with van der Waals surface area (Å²) in [7, 11) is 0. The van der Waals surface area contributed by atoms with Gasteiger partial charge >= 0.3 is 5.97 Å². The molecule has 2 fully saturated rings. The van der Waals surface area contributed by atoms with Crippen molar-refractivity contribution in [2.45, 2.75) is 44.6 Å². The van der Waals surface area contributed by atoms with Gasteiger partial charge in [-0.1, -0.05) is 6.92 Å². The summed E-state index contributed by atoms with van der Waals surface area (Å²) in [5.41, 5.74) is -1.00. The van der Waals surface area contributed by atoms with Crippen LogP contribution in [0.5, 0.6) is 0 Å². The summed E-state index contributed by atoms with van der Waals surface area (Å²) in [4.78, 5) is 23.6. The molecule has 1 amide bonds. The third-order valence-electron chi connectivity index (χ3n) is 4.20. The second kappa shape index (κ2) is 5.51. The fourth-order valence-corrected chi connectivity index (χ4v) is 3.95. The number of thioether (sulfide) groups is 1. The molecule has 2 N–H and O–H groups in total. The number of nitrogens with one attached hydrogen (secondary N) is 1. The van der Waals surface area contributed by atoms with Crippen molar-refractivity contribution in [1.82, 2.24) is 5.32 Å². The largest absolute Gasteiger partial charge is 0.480 e. The molecule has 1 unspecified atom stereocenters. The summed E-state index contributed by atoms with van der Waals surface area (Å²) in [6.07, 6.45) is 3.77. The fourth-order valence-electron chi connectivity index (χ4n) is 2.73. The Bertz CT molecular complexity index is 331. The van der Waals surface area contributed by atoms with Crippen molar-refractivity contribution in [3.63, 3.8) is 0 Å². The van der Waals surface area contributed by atoms with E-state index in [0.717, 1.165) is 30.8 Å². The van der Waals surface area contributed by atoms with E-state index in [-0.39, 0.29) is 11.8 Å². The van der Waals surface area contributed by atoms with E-state index in [2.05, 4.69) is 12.2 Å². The maximum atomic E-state index is 12.1. The lowest BCUT2D eigenvalue weighted by Crippen LogP contribution is -2.57. The van der Waals surface area contributed by atoms with Gasteiger partial charge in [0.2, 0.25) is 5.91 Å². The van der Waals surface area contributed by atoms with Crippen LogP contribution < -0.4 is 5.32 Å². The van der Waals surface area contributed by atoms with E-state index in [1.54, 1.807) is 11.8 Å². The number of carboxylic acids is 1. The molecule has 1 heterocycles. The molecule has 1 saturated carbocycles. The highest BCUT2D eigenvalue weighted by atomic mass is 32.2. The van der Waals surface area contributed by atoms with Crippen LogP contribution in [0.4, 0.5) is 0 Å². The number of hydrogen-bond donors (Lipinski definition) is 2. The number of carbonyl (C=O) groups excluding carboxylic acids is 1. The molecule has 0 aromatic carbocycles. The Morgan fingerprint density at radius 1 is 1.28 bits per heavy atom. The van der Waals surface area contributed by atoms with Crippen LogP contribution in [0.15, 0.2) is 0 Å². The average Bonchev–Trinajstić information content (AvgIpc) is 2.85. The molecule has 4 nitrogen and oxygen atoms in total. The molecular formula is C13H21NO3S. The second-order valence-corrected chi connectivity index (χ2v) is 6.77. The number of amides is 1. The molecule has 0 aromatic heterocycles. The lowest BCUT2D eigenvalue weighted by molar-refractivity contribution is -0.150. The molecule has 5 heteroatoms. The van der Waals surface area contributed by atoms with Gasteiger partial charge in [0.1, 0.15) is 5.54 Å². The summed E-state index contributed by atoms with van der Waals surface area (Å²) >= 11 is 1.77. The molecule has 0 bridgehead atoms. The summed E-state index contributed by atoms with van der Waals surface area (Å²) in [5, 5.41) is 12.3. The second-order valence-electron chi connectivity index (χ2n) is 5.62. The third kappa shape index (κ3) is 2.82. The predicted molar refractivity (Wildman–Crippen MR) is 71.6 cm³/mol.